The smallest absolute Gasteiger partial charge is 0.338 e. The van der Waals surface area contributed by atoms with Gasteiger partial charge in [0, 0.05) is 5.69 Å². The number of rotatable bonds is 7. The summed E-state index contributed by atoms with van der Waals surface area (Å²) >= 11 is 0. The molecule has 148 valence electrons. The van der Waals surface area contributed by atoms with E-state index in [9.17, 15) is 14.4 Å². The largest absolute Gasteiger partial charge is 0.496 e. The van der Waals surface area contributed by atoms with E-state index in [2.05, 4.69) is 10.6 Å². The number of aryl methyl sites for hydroxylation is 3. The first-order valence-corrected chi connectivity index (χ1v) is 8.76. The minimum absolute atomic E-state index is 0.220. The molecule has 2 aromatic rings. The zero-order valence-corrected chi connectivity index (χ0v) is 16.4. The van der Waals surface area contributed by atoms with Crippen LogP contribution in [0.1, 0.15) is 27.0 Å². The van der Waals surface area contributed by atoms with Crippen molar-refractivity contribution in [2.45, 2.75) is 20.8 Å². The molecule has 0 saturated carbocycles. The predicted molar refractivity (Wildman–Crippen MR) is 106 cm³/mol. The molecule has 2 N–H and O–H groups in total. The maximum atomic E-state index is 12.0. The van der Waals surface area contributed by atoms with Crippen molar-refractivity contribution in [3.05, 3.63) is 58.7 Å². The fourth-order valence-electron chi connectivity index (χ4n) is 2.59. The summed E-state index contributed by atoms with van der Waals surface area (Å²) in [5, 5.41) is 5.19. The molecule has 0 aliphatic carbocycles. The zero-order chi connectivity index (χ0) is 20.7. The monoisotopic (exact) mass is 384 g/mol. The maximum Gasteiger partial charge on any atom is 0.338 e. The molecule has 7 nitrogen and oxygen atoms in total. The Morgan fingerprint density at radius 2 is 1.61 bits per heavy atom. The summed E-state index contributed by atoms with van der Waals surface area (Å²) in [6.07, 6.45) is 0. The number of ether oxygens (including phenoxy) is 2. The topological polar surface area (TPSA) is 93.7 Å². The van der Waals surface area contributed by atoms with Gasteiger partial charge in [0.1, 0.15) is 5.75 Å². The molecular formula is C21H24N2O5. The molecule has 0 unspecified atom stereocenters. The van der Waals surface area contributed by atoms with Crippen molar-refractivity contribution in [2.24, 2.45) is 0 Å². The van der Waals surface area contributed by atoms with Crippen molar-refractivity contribution in [2.75, 3.05) is 25.6 Å². The molecule has 7 heteroatoms. The Balaban J connectivity index is 1.81. The first kappa shape index (κ1) is 21.0. The second-order valence-electron chi connectivity index (χ2n) is 6.35. The van der Waals surface area contributed by atoms with Gasteiger partial charge in [0.25, 0.3) is 5.91 Å². The molecule has 0 heterocycles. The van der Waals surface area contributed by atoms with Gasteiger partial charge in [-0.3, -0.25) is 9.59 Å². The molecular weight excluding hydrogens is 360 g/mol. The standard InChI is InChI=1S/C21H24N2O5/c1-13-8-9-16(10-17(13)27-4)21(26)28-12-19(25)22-11-18(24)23-20-14(2)6-5-7-15(20)3/h5-10H,11-12H2,1-4H3,(H,22,25)(H,23,24). The summed E-state index contributed by atoms with van der Waals surface area (Å²) in [5.74, 6) is -1.01. The van der Waals surface area contributed by atoms with Gasteiger partial charge in [0.05, 0.1) is 19.2 Å². The lowest BCUT2D eigenvalue weighted by molar-refractivity contribution is -0.126. The fourth-order valence-corrected chi connectivity index (χ4v) is 2.59. The Morgan fingerprint density at radius 3 is 2.25 bits per heavy atom. The summed E-state index contributed by atoms with van der Waals surface area (Å²) in [6, 6.07) is 10.6. The summed E-state index contributed by atoms with van der Waals surface area (Å²) in [4.78, 5) is 35.9. The van der Waals surface area contributed by atoms with E-state index < -0.39 is 18.5 Å². The van der Waals surface area contributed by atoms with Gasteiger partial charge in [-0.2, -0.15) is 0 Å². The normalized spacial score (nSPS) is 10.1. The van der Waals surface area contributed by atoms with Crippen molar-refractivity contribution in [1.82, 2.24) is 5.32 Å². The summed E-state index contributed by atoms with van der Waals surface area (Å²) < 4.78 is 10.1. The molecule has 2 aromatic carbocycles. The second-order valence-corrected chi connectivity index (χ2v) is 6.35. The van der Waals surface area contributed by atoms with Crippen LogP contribution in [0.3, 0.4) is 0 Å². The highest BCUT2D eigenvalue weighted by Crippen LogP contribution is 2.20. The van der Waals surface area contributed by atoms with E-state index in [1.807, 2.05) is 39.0 Å². The SMILES string of the molecule is COc1cc(C(=O)OCC(=O)NCC(=O)Nc2c(C)cccc2C)ccc1C. The van der Waals surface area contributed by atoms with Gasteiger partial charge in [-0.15, -0.1) is 0 Å². The van der Waals surface area contributed by atoms with E-state index >= 15 is 0 Å². The minimum Gasteiger partial charge on any atom is -0.496 e. The minimum atomic E-state index is -0.645. The third-order valence-electron chi connectivity index (χ3n) is 4.17. The van der Waals surface area contributed by atoms with Crippen molar-refractivity contribution in [1.29, 1.82) is 0 Å². The van der Waals surface area contributed by atoms with Crippen LogP contribution in [0.25, 0.3) is 0 Å². The predicted octanol–water partition coefficient (Wildman–Crippen LogP) is 2.53. The average Bonchev–Trinajstić information content (AvgIpc) is 2.67. The van der Waals surface area contributed by atoms with E-state index in [0.717, 1.165) is 22.4 Å². The molecule has 0 fully saturated rings. The molecule has 0 atom stereocenters. The summed E-state index contributed by atoms with van der Waals surface area (Å²) in [5.41, 5.74) is 3.75. The van der Waals surface area contributed by atoms with Crippen LogP contribution in [-0.4, -0.2) is 38.0 Å². The number of methoxy groups -OCH3 is 1. The number of benzene rings is 2. The molecule has 0 aliphatic heterocycles. The fraction of sp³-hybridized carbons (Fsp3) is 0.286. The lowest BCUT2D eigenvalue weighted by Crippen LogP contribution is -2.35. The Labute approximate surface area is 164 Å². The molecule has 0 aliphatic rings. The highest BCUT2D eigenvalue weighted by atomic mass is 16.5. The molecule has 28 heavy (non-hydrogen) atoms. The average molecular weight is 384 g/mol. The number of hydrogen-bond acceptors (Lipinski definition) is 5. The second kappa shape index (κ2) is 9.55. The quantitative estimate of drug-likeness (QED) is 0.716. The molecule has 0 saturated heterocycles. The number of nitrogens with one attached hydrogen (secondary N) is 2. The van der Waals surface area contributed by atoms with Crippen LogP contribution in [0, 0.1) is 20.8 Å². The summed E-state index contributed by atoms with van der Waals surface area (Å²) in [7, 11) is 1.51. The lowest BCUT2D eigenvalue weighted by atomic mass is 10.1. The third-order valence-corrected chi connectivity index (χ3v) is 4.17. The van der Waals surface area contributed by atoms with Crippen LogP contribution in [-0.2, 0) is 14.3 Å². The number of para-hydroxylation sites is 1. The Kier molecular flexibility index (Phi) is 7.14. The number of carbonyl (C=O) groups is 3. The van der Waals surface area contributed by atoms with Gasteiger partial charge in [-0.25, -0.2) is 4.79 Å². The van der Waals surface area contributed by atoms with E-state index in [1.165, 1.54) is 7.11 Å². The molecule has 0 bridgehead atoms. The molecule has 0 aromatic heterocycles. The number of esters is 1. The summed E-state index contributed by atoms with van der Waals surface area (Å²) in [6.45, 7) is 4.93. The van der Waals surface area contributed by atoms with E-state index in [4.69, 9.17) is 9.47 Å². The first-order valence-electron chi connectivity index (χ1n) is 8.76. The molecule has 2 amide bonds. The van der Waals surface area contributed by atoms with Gasteiger partial charge in [-0.05, 0) is 49.6 Å². The van der Waals surface area contributed by atoms with Gasteiger partial charge < -0.3 is 20.1 Å². The number of carbonyl (C=O) groups excluding carboxylic acids is 3. The third kappa shape index (κ3) is 5.57. The van der Waals surface area contributed by atoms with Crippen LogP contribution < -0.4 is 15.4 Å². The highest BCUT2D eigenvalue weighted by molar-refractivity contribution is 5.96. The van der Waals surface area contributed by atoms with Crippen LogP contribution in [0.15, 0.2) is 36.4 Å². The zero-order valence-electron chi connectivity index (χ0n) is 16.4. The highest BCUT2D eigenvalue weighted by Gasteiger charge is 2.13. The van der Waals surface area contributed by atoms with Crippen LogP contribution in [0.2, 0.25) is 0 Å². The van der Waals surface area contributed by atoms with Gasteiger partial charge >= 0.3 is 5.97 Å². The Bertz CT molecular complexity index is 872. The van der Waals surface area contributed by atoms with Crippen LogP contribution in [0.5, 0.6) is 5.75 Å². The van der Waals surface area contributed by atoms with Crippen molar-refractivity contribution < 1.29 is 23.9 Å². The molecule has 2 rings (SSSR count). The molecule has 0 spiro atoms. The number of anilines is 1. The van der Waals surface area contributed by atoms with Crippen molar-refractivity contribution in [3.8, 4) is 5.75 Å². The van der Waals surface area contributed by atoms with Crippen molar-refractivity contribution >= 4 is 23.5 Å². The van der Waals surface area contributed by atoms with Crippen molar-refractivity contribution in [3.63, 3.8) is 0 Å². The van der Waals surface area contributed by atoms with E-state index in [0.29, 0.717) is 5.75 Å². The molecule has 0 radical (unpaired) electrons. The lowest BCUT2D eigenvalue weighted by Gasteiger charge is -2.12. The number of hydrogen-bond donors (Lipinski definition) is 2. The van der Waals surface area contributed by atoms with Gasteiger partial charge in [0.15, 0.2) is 6.61 Å². The Morgan fingerprint density at radius 1 is 0.929 bits per heavy atom. The van der Waals surface area contributed by atoms with Crippen LogP contribution in [0.4, 0.5) is 5.69 Å². The van der Waals surface area contributed by atoms with Crippen LogP contribution >= 0.6 is 0 Å². The maximum absolute atomic E-state index is 12.0. The van der Waals surface area contributed by atoms with E-state index in [-0.39, 0.29) is 18.0 Å². The van der Waals surface area contributed by atoms with E-state index in [1.54, 1.807) is 18.2 Å². The van der Waals surface area contributed by atoms with Gasteiger partial charge in [-0.1, -0.05) is 24.3 Å². The number of amides is 2. The Hall–Kier alpha value is -3.35. The van der Waals surface area contributed by atoms with Gasteiger partial charge in [0.2, 0.25) is 5.91 Å². The first-order chi connectivity index (χ1) is 13.3.